The summed E-state index contributed by atoms with van der Waals surface area (Å²) in [4.78, 5) is 4.44. The lowest BCUT2D eigenvalue weighted by Gasteiger charge is -2.08. The van der Waals surface area contributed by atoms with E-state index in [-0.39, 0.29) is 0 Å². The Morgan fingerprint density at radius 3 is 3.06 bits per heavy atom. The van der Waals surface area contributed by atoms with Gasteiger partial charge in [-0.3, -0.25) is 0 Å². The monoisotopic (exact) mass is 262 g/mol. The summed E-state index contributed by atoms with van der Waals surface area (Å²) in [5.41, 5.74) is 1.25. The topological polar surface area (TPSA) is 38.1 Å². The molecule has 0 radical (unpaired) electrons. The largest absolute Gasteiger partial charge is 0.468 e. The van der Waals surface area contributed by atoms with Crippen LogP contribution in [0, 0.1) is 0 Å². The lowest BCUT2D eigenvalue weighted by Crippen LogP contribution is -2.14. The fourth-order valence-corrected chi connectivity index (χ4v) is 2.53. The van der Waals surface area contributed by atoms with Gasteiger partial charge in [-0.2, -0.15) is 0 Å². The fourth-order valence-electron chi connectivity index (χ4n) is 1.62. The summed E-state index contributed by atoms with van der Waals surface area (Å²) < 4.78 is 5.33. The van der Waals surface area contributed by atoms with Crippen LogP contribution in [0.5, 0.6) is 0 Å². The molecule has 0 amide bonds. The summed E-state index contributed by atoms with van der Waals surface area (Å²) in [6.45, 7) is 4.09. The SMILES string of the molecule is CCCNCc1cccnc1SCc1ccco1. The first-order chi connectivity index (χ1) is 8.90. The van der Waals surface area contributed by atoms with Crippen molar-refractivity contribution in [2.24, 2.45) is 0 Å². The van der Waals surface area contributed by atoms with Crippen molar-refractivity contribution in [2.45, 2.75) is 30.7 Å². The highest BCUT2D eigenvalue weighted by molar-refractivity contribution is 7.98. The Labute approximate surface area is 112 Å². The van der Waals surface area contributed by atoms with Crippen LogP contribution in [-0.2, 0) is 12.3 Å². The van der Waals surface area contributed by atoms with Crippen molar-refractivity contribution in [3.8, 4) is 0 Å². The highest BCUT2D eigenvalue weighted by atomic mass is 32.2. The van der Waals surface area contributed by atoms with Gasteiger partial charge >= 0.3 is 0 Å². The molecule has 0 bridgehead atoms. The minimum atomic E-state index is 0.824. The summed E-state index contributed by atoms with van der Waals surface area (Å²) in [7, 11) is 0. The van der Waals surface area contributed by atoms with Crippen molar-refractivity contribution >= 4 is 11.8 Å². The number of pyridine rings is 1. The molecule has 0 saturated heterocycles. The van der Waals surface area contributed by atoms with E-state index < -0.39 is 0 Å². The maximum Gasteiger partial charge on any atom is 0.114 e. The average molecular weight is 262 g/mol. The van der Waals surface area contributed by atoms with Gasteiger partial charge in [-0.25, -0.2) is 4.98 Å². The summed E-state index contributed by atoms with van der Waals surface area (Å²) >= 11 is 1.72. The Morgan fingerprint density at radius 2 is 2.28 bits per heavy atom. The van der Waals surface area contributed by atoms with Crippen LogP contribution in [0.4, 0.5) is 0 Å². The van der Waals surface area contributed by atoms with E-state index in [0.717, 1.165) is 36.0 Å². The number of rotatable bonds is 7. The molecule has 0 spiro atoms. The molecule has 0 aliphatic carbocycles. The molecule has 2 heterocycles. The van der Waals surface area contributed by atoms with Gasteiger partial charge in [0, 0.05) is 12.7 Å². The lowest BCUT2D eigenvalue weighted by molar-refractivity contribution is 0.530. The molecule has 2 rings (SSSR count). The highest BCUT2D eigenvalue weighted by Crippen LogP contribution is 2.24. The zero-order valence-corrected chi connectivity index (χ0v) is 11.4. The summed E-state index contributed by atoms with van der Waals surface area (Å²) in [5, 5.41) is 4.49. The molecule has 3 nitrogen and oxygen atoms in total. The predicted molar refractivity (Wildman–Crippen MR) is 74.5 cm³/mol. The van der Waals surface area contributed by atoms with Gasteiger partial charge in [-0.05, 0) is 36.7 Å². The number of aromatic nitrogens is 1. The van der Waals surface area contributed by atoms with Gasteiger partial charge in [0.1, 0.15) is 10.8 Å². The maximum atomic E-state index is 5.33. The van der Waals surface area contributed by atoms with Crippen molar-refractivity contribution in [3.63, 3.8) is 0 Å². The maximum absolute atomic E-state index is 5.33. The number of thioether (sulfide) groups is 1. The van der Waals surface area contributed by atoms with Gasteiger partial charge in [0.2, 0.25) is 0 Å². The summed E-state index contributed by atoms with van der Waals surface area (Å²) in [5.74, 6) is 1.81. The lowest BCUT2D eigenvalue weighted by atomic mass is 10.3. The van der Waals surface area contributed by atoms with E-state index in [2.05, 4.69) is 23.3 Å². The molecule has 2 aromatic heterocycles. The minimum Gasteiger partial charge on any atom is -0.468 e. The molecule has 0 aliphatic rings. The van der Waals surface area contributed by atoms with Gasteiger partial charge in [-0.15, -0.1) is 0 Å². The van der Waals surface area contributed by atoms with Crippen LogP contribution in [0.1, 0.15) is 24.7 Å². The molecule has 0 fully saturated rings. The second-order valence-electron chi connectivity index (χ2n) is 4.01. The molecule has 1 N–H and O–H groups in total. The number of nitrogens with zero attached hydrogens (tertiary/aromatic N) is 1. The Kier molecular flexibility index (Phi) is 5.30. The number of hydrogen-bond acceptors (Lipinski definition) is 4. The molecule has 18 heavy (non-hydrogen) atoms. The fraction of sp³-hybridized carbons (Fsp3) is 0.357. The van der Waals surface area contributed by atoms with Crippen LogP contribution in [-0.4, -0.2) is 11.5 Å². The van der Waals surface area contributed by atoms with Crippen LogP contribution >= 0.6 is 11.8 Å². The third-order valence-electron chi connectivity index (χ3n) is 2.52. The molecule has 0 aromatic carbocycles. The van der Waals surface area contributed by atoms with Crippen LogP contribution in [0.2, 0.25) is 0 Å². The van der Waals surface area contributed by atoms with Crippen molar-refractivity contribution in [1.29, 1.82) is 0 Å². The van der Waals surface area contributed by atoms with E-state index in [1.54, 1.807) is 18.0 Å². The Balaban J connectivity index is 1.94. The zero-order valence-electron chi connectivity index (χ0n) is 10.6. The van der Waals surface area contributed by atoms with E-state index in [0.29, 0.717) is 0 Å². The van der Waals surface area contributed by atoms with Gasteiger partial charge in [0.15, 0.2) is 0 Å². The van der Waals surface area contributed by atoms with Crippen molar-refractivity contribution in [1.82, 2.24) is 10.3 Å². The molecule has 0 atom stereocenters. The third-order valence-corrected chi connectivity index (χ3v) is 3.59. The van der Waals surface area contributed by atoms with Crippen molar-refractivity contribution < 1.29 is 4.42 Å². The molecule has 0 aliphatic heterocycles. The normalized spacial score (nSPS) is 10.7. The van der Waals surface area contributed by atoms with Crippen LogP contribution in [0.3, 0.4) is 0 Å². The van der Waals surface area contributed by atoms with Gasteiger partial charge in [-0.1, -0.05) is 24.8 Å². The Bertz CT molecular complexity index is 457. The van der Waals surface area contributed by atoms with Crippen LogP contribution in [0.25, 0.3) is 0 Å². The van der Waals surface area contributed by atoms with Gasteiger partial charge in [0.05, 0.1) is 12.0 Å². The standard InChI is InChI=1S/C14H18N2OS/c1-2-7-15-10-12-5-3-8-16-14(12)18-11-13-6-4-9-17-13/h3-6,8-9,15H,2,7,10-11H2,1H3. The Morgan fingerprint density at radius 1 is 1.33 bits per heavy atom. The molecule has 96 valence electrons. The molecule has 4 heteroatoms. The first-order valence-corrected chi connectivity index (χ1v) is 7.18. The molecular weight excluding hydrogens is 244 g/mol. The average Bonchev–Trinajstić information content (AvgIpc) is 2.91. The van der Waals surface area contributed by atoms with Crippen LogP contribution in [0.15, 0.2) is 46.2 Å². The van der Waals surface area contributed by atoms with E-state index >= 15 is 0 Å². The minimum absolute atomic E-state index is 0.824. The van der Waals surface area contributed by atoms with Crippen LogP contribution < -0.4 is 5.32 Å². The number of nitrogens with one attached hydrogen (secondary N) is 1. The van der Waals surface area contributed by atoms with Gasteiger partial charge in [0.25, 0.3) is 0 Å². The molecule has 0 saturated carbocycles. The van der Waals surface area contributed by atoms with E-state index in [1.165, 1.54) is 5.56 Å². The molecule has 0 unspecified atom stereocenters. The first kappa shape index (κ1) is 13.2. The predicted octanol–water partition coefficient (Wildman–Crippen LogP) is 3.47. The zero-order chi connectivity index (χ0) is 12.6. The summed E-state index contributed by atoms with van der Waals surface area (Å²) in [6.07, 6.45) is 4.70. The first-order valence-electron chi connectivity index (χ1n) is 6.20. The molecule has 2 aromatic rings. The second-order valence-corrected chi connectivity index (χ2v) is 4.98. The number of furan rings is 1. The highest BCUT2D eigenvalue weighted by Gasteiger charge is 2.05. The van der Waals surface area contributed by atoms with E-state index in [9.17, 15) is 0 Å². The van der Waals surface area contributed by atoms with E-state index in [1.807, 2.05) is 24.4 Å². The number of hydrogen-bond donors (Lipinski definition) is 1. The van der Waals surface area contributed by atoms with E-state index in [4.69, 9.17) is 4.42 Å². The quantitative estimate of drug-likeness (QED) is 0.612. The smallest absolute Gasteiger partial charge is 0.114 e. The van der Waals surface area contributed by atoms with Crippen molar-refractivity contribution in [3.05, 3.63) is 48.0 Å². The van der Waals surface area contributed by atoms with Crippen molar-refractivity contribution in [2.75, 3.05) is 6.54 Å². The third kappa shape index (κ3) is 3.89. The summed E-state index contributed by atoms with van der Waals surface area (Å²) in [6, 6.07) is 8.02. The Hall–Kier alpha value is -1.26. The molecular formula is C14H18N2OS. The second kappa shape index (κ2) is 7.24. The van der Waals surface area contributed by atoms with Gasteiger partial charge < -0.3 is 9.73 Å².